The Labute approximate surface area is 175 Å². The molecule has 0 aliphatic heterocycles. The average molecular weight is 447 g/mol. The molecule has 0 atom stereocenters. The van der Waals surface area contributed by atoms with Crippen LogP contribution in [0.5, 0.6) is 0 Å². The van der Waals surface area contributed by atoms with Crippen molar-refractivity contribution in [1.29, 1.82) is 0 Å². The van der Waals surface area contributed by atoms with Gasteiger partial charge in [0.1, 0.15) is 0 Å². The fourth-order valence-electron chi connectivity index (χ4n) is 3.13. The van der Waals surface area contributed by atoms with Crippen LogP contribution in [-0.4, -0.2) is 30.5 Å². The highest BCUT2D eigenvalue weighted by atomic mass is 79.9. The van der Waals surface area contributed by atoms with E-state index in [0.717, 1.165) is 29.3 Å². The SMILES string of the molecule is CCOC(=O)C(Cc1cccc(-c2ccccc2CCCBr)c1)C(=O)OCC. The summed E-state index contributed by atoms with van der Waals surface area (Å²) in [6.07, 6.45) is 2.31. The summed E-state index contributed by atoms with van der Waals surface area (Å²) in [5, 5.41) is 0.960. The van der Waals surface area contributed by atoms with Crippen LogP contribution in [0.4, 0.5) is 0 Å². The molecule has 2 aromatic rings. The number of hydrogen-bond acceptors (Lipinski definition) is 4. The number of hydrogen-bond donors (Lipinski definition) is 0. The first-order valence-corrected chi connectivity index (χ1v) is 10.8. The number of aryl methyl sites for hydroxylation is 1. The molecule has 0 unspecified atom stereocenters. The summed E-state index contributed by atoms with van der Waals surface area (Å²) < 4.78 is 10.2. The van der Waals surface area contributed by atoms with E-state index in [-0.39, 0.29) is 19.6 Å². The third kappa shape index (κ3) is 6.20. The maximum atomic E-state index is 12.3. The van der Waals surface area contributed by atoms with Crippen molar-refractivity contribution in [2.75, 3.05) is 18.5 Å². The van der Waals surface area contributed by atoms with Gasteiger partial charge in [0, 0.05) is 5.33 Å². The second kappa shape index (κ2) is 11.6. The Kier molecular flexibility index (Phi) is 9.21. The van der Waals surface area contributed by atoms with Gasteiger partial charge in [0.2, 0.25) is 0 Å². The van der Waals surface area contributed by atoms with Gasteiger partial charge in [-0.15, -0.1) is 0 Å². The van der Waals surface area contributed by atoms with Crippen molar-refractivity contribution in [2.24, 2.45) is 5.92 Å². The van der Waals surface area contributed by atoms with Crippen LogP contribution in [0.2, 0.25) is 0 Å². The van der Waals surface area contributed by atoms with Gasteiger partial charge >= 0.3 is 11.9 Å². The normalized spacial score (nSPS) is 10.7. The summed E-state index contributed by atoms with van der Waals surface area (Å²) >= 11 is 3.49. The summed E-state index contributed by atoms with van der Waals surface area (Å²) in [5.74, 6) is -2.02. The first kappa shape index (κ1) is 22.2. The molecule has 0 fully saturated rings. The fraction of sp³-hybridized carbons (Fsp3) is 0.391. The van der Waals surface area contributed by atoms with Crippen molar-refractivity contribution in [3.63, 3.8) is 0 Å². The molecule has 0 saturated heterocycles. The van der Waals surface area contributed by atoms with Gasteiger partial charge in [-0.05, 0) is 55.4 Å². The molecule has 2 aromatic carbocycles. The summed E-state index contributed by atoms with van der Waals surface area (Å²) in [5.41, 5.74) is 4.44. The van der Waals surface area contributed by atoms with Crippen molar-refractivity contribution in [3.05, 3.63) is 59.7 Å². The van der Waals surface area contributed by atoms with Crippen LogP contribution in [0.15, 0.2) is 48.5 Å². The molecule has 5 heteroatoms. The number of carbonyl (C=O) groups excluding carboxylic acids is 2. The van der Waals surface area contributed by atoms with E-state index in [1.807, 2.05) is 24.3 Å². The quantitative estimate of drug-likeness (QED) is 0.293. The molecule has 0 aromatic heterocycles. The highest BCUT2D eigenvalue weighted by molar-refractivity contribution is 9.09. The van der Waals surface area contributed by atoms with Gasteiger partial charge in [0.25, 0.3) is 0 Å². The van der Waals surface area contributed by atoms with Gasteiger partial charge in [-0.1, -0.05) is 64.5 Å². The smallest absolute Gasteiger partial charge is 0.320 e. The summed E-state index contributed by atoms with van der Waals surface area (Å²) in [6.45, 7) is 3.92. The van der Waals surface area contributed by atoms with Crippen molar-refractivity contribution in [1.82, 2.24) is 0 Å². The lowest BCUT2D eigenvalue weighted by Gasteiger charge is -2.15. The van der Waals surface area contributed by atoms with E-state index in [0.29, 0.717) is 0 Å². The van der Waals surface area contributed by atoms with Crippen molar-refractivity contribution in [2.45, 2.75) is 33.1 Å². The Balaban J connectivity index is 2.28. The standard InChI is InChI=1S/C23H27BrO4/c1-3-27-22(25)21(23(26)28-4-2)16-17-9-7-11-19(15-17)20-13-6-5-10-18(20)12-8-14-24/h5-7,9-11,13,15,21H,3-4,8,12,14,16H2,1-2H3. The van der Waals surface area contributed by atoms with E-state index in [2.05, 4.69) is 40.2 Å². The Bertz CT molecular complexity index is 770. The molecule has 0 spiro atoms. The second-order valence-electron chi connectivity index (χ2n) is 6.41. The number of esters is 2. The molecule has 0 aliphatic carbocycles. The lowest BCUT2D eigenvalue weighted by molar-refractivity contribution is -0.161. The van der Waals surface area contributed by atoms with E-state index in [1.165, 1.54) is 11.1 Å². The maximum Gasteiger partial charge on any atom is 0.320 e. The molecule has 2 rings (SSSR count). The lowest BCUT2D eigenvalue weighted by Crippen LogP contribution is -2.30. The van der Waals surface area contributed by atoms with Gasteiger partial charge in [0.15, 0.2) is 5.92 Å². The number of halogens is 1. The molecule has 0 N–H and O–H groups in total. The van der Waals surface area contributed by atoms with Gasteiger partial charge in [-0.2, -0.15) is 0 Å². The highest BCUT2D eigenvalue weighted by Crippen LogP contribution is 2.27. The zero-order valence-electron chi connectivity index (χ0n) is 16.4. The van der Waals surface area contributed by atoms with Crippen molar-refractivity contribution < 1.29 is 19.1 Å². The minimum atomic E-state index is -0.946. The predicted octanol–water partition coefficient (Wildman–Crippen LogP) is 4.97. The lowest BCUT2D eigenvalue weighted by atomic mass is 9.93. The number of benzene rings is 2. The number of ether oxygens (including phenoxy) is 2. The van der Waals surface area contributed by atoms with E-state index in [9.17, 15) is 9.59 Å². The molecule has 0 amide bonds. The van der Waals surface area contributed by atoms with Gasteiger partial charge in [-0.25, -0.2) is 0 Å². The molecular weight excluding hydrogens is 420 g/mol. The Morgan fingerprint density at radius 1 is 0.964 bits per heavy atom. The molecular formula is C23H27BrO4. The van der Waals surface area contributed by atoms with Crippen LogP contribution in [0.25, 0.3) is 11.1 Å². The minimum Gasteiger partial charge on any atom is -0.465 e. The first-order valence-electron chi connectivity index (χ1n) is 9.67. The minimum absolute atomic E-state index is 0.232. The van der Waals surface area contributed by atoms with Crippen LogP contribution in [0, 0.1) is 5.92 Å². The van der Waals surface area contributed by atoms with Crippen LogP contribution >= 0.6 is 15.9 Å². The molecule has 4 nitrogen and oxygen atoms in total. The molecule has 0 bridgehead atoms. The largest absolute Gasteiger partial charge is 0.465 e. The fourth-order valence-corrected chi connectivity index (χ4v) is 3.41. The Morgan fingerprint density at radius 3 is 2.29 bits per heavy atom. The van der Waals surface area contributed by atoms with Gasteiger partial charge in [-0.3, -0.25) is 9.59 Å². The average Bonchev–Trinajstić information content (AvgIpc) is 2.71. The number of alkyl halides is 1. The van der Waals surface area contributed by atoms with E-state index in [4.69, 9.17) is 9.47 Å². The molecule has 28 heavy (non-hydrogen) atoms. The van der Waals surface area contributed by atoms with Gasteiger partial charge in [0.05, 0.1) is 13.2 Å². The number of rotatable bonds is 10. The Morgan fingerprint density at radius 2 is 1.64 bits per heavy atom. The summed E-state index contributed by atoms with van der Waals surface area (Å²) in [7, 11) is 0. The van der Waals surface area contributed by atoms with E-state index < -0.39 is 17.9 Å². The highest BCUT2D eigenvalue weighted by Gasteiger charge is 2.29. The molecule has 0 aliphatic rings. The van der Waals surface area contributed by atoms with E-state index >= 15 is 0 Å². The number of carbonyl (C=O) groups is 2. The summed E-state index contributed by atoms with van der Waals surface area (Å²) in [6, 6.07) is 16.3. The zero-order chi connectivity index (χ0) is 20.4. The third-order valence-electron chi connectivity index (χ3n) is 4.42. The first-order chi connectivity index (χ1) is 13.6. The van der Waals surface area contributed by atoms with E-state index in [1.54, 1.807) is 13.8 Å². The molecule has 150 valence electrons. The zero-order valence-corrected chi connectivity index (χ0v) is 18.0. The van der Waals surface area contributed by atoms with Crippen LogP contribution in [0.3, 0.4) is 0 Å². The predicted molar refractivity (Wildman–Crippen MR) is 114 cm³/mol. The van der Waals surface area contributed by atoms with Crippen LogP contribution < -0.4 is 0 Å². The topological polar surface area (TPSA) is 52.6 Å². The monoisotopic (exact) mass is 446 g/mol. The third-order valence-corrected chi connectivity index (χ3v) is 4.98. The van der Waals surface area contributed by atoms with Crippen LogP contribution in [-0.2, 0) is 31.9 Å². The molecule has 0 saturated carbocycles. The Hall–Kier alpha value is -2.14. The van der Waals surface area contributed by atoms with Gasteiger partial charge < -0.3 is 9.47 Å². The van der Waals surface area contributed by atoms with Crippen molar-refractivity contribution in [3.8, 4) is 11.1 Å². The van der Waals surface area contributed by atoms with Crippen molar-refractivity contribution >= 4 is 27.9 Å². The molecule has 0 heterocycles. The second-order valence-corrected chi connectivity index (χ2v) is 7.20. The summed E-state index contributed by atoms with van der Waals surface area (Å²) in [4.78, 5) is 24.5. The maximum absolute atomic E-state index is 12.3. The molecule has 0 radical (unpaired) electrons. The van der Waals surface area contributed by atoms with Crippen LogP contribution in [0.1, 0.15) is 31.4 Å².